The van der Waals surface area contributed by atoms with E-state index in [4.69, 9.17) is 0 Å². The second-order valence-corrected chi connectivity index (χ2v) is 0.499. The molecule has 0 fully saturated rings. The molecule has 1 nitrogen and oxygen atoms in total. The fourth-order valence-electron chi connectivity index (χ4n) is 0. The zero-order valence-corrected chi connectivity index (χ0v) is 2.96. The third kappa shape index (κ3) is 1.76. The first-order chi connectivity index (χ1) is 1.91. The maximum Gasteiger partial charge on any atom is 0.0410 e. The van der Waals surface area contributed by atoms with Gasteiger partial charge in [0.15, 0.2) is 0 Å². The largest absolute Gasteiger partial charge is 0.190 e. The van der Waals surface area contributed by atoms with Crippen molar-refractivity contribution in [3.05, 3.63) is 12.8 Å². The Bertz CT molecular complexity index is 27.0. The summed E-state index contributed by atoms with van der Waals surface area (Å²) >= 11 is 4.06. The average Bonchev–Trinajstić information content (AvgIpc) is 1.37. The first-order valence-electron chi connectivity index (χ1n) is 0.849. The van der Waals surface area contributed by atoms with Gasteiger partial charge in [0.1, 0.15) is 0 Å². The van der Waals surface area contributed by atoms with Crippen LogP contribution >= 0.6 is 0 Å². The smallest absolute Gasteiger partial charge is 0.0410 e. The Balaban J connectivity index is 2.73. The molecule has 0 aromatic heterocycles. The van der Waals surface area contributed by atoms with Crippen LogP contribution in [-0.4, -0.2) is 0 Å². The molecule has 0 N–H and O–H groups in total. The van der Waals surface area contributed by atoms with Crippen molar-refractivity contribution in [2.24, 2.45) is 4.36 Å². The van der Waals surface area contributed by atoms with Crippen LogP contribution in [0.2, 0.25) is 0 Å². The van der Waals surface area contributed by atoms with Crippen LogP contribution in [0, 0.1) is 0 Å². The van der Waals surface area contributed by atoms with E-state index >= 15 is 0 Å². The van der Waals surface area contributed by atoms with Gasteiger partial charge in [0, 0.05) is 18.6 Å². The summed E-state index contributed by atoms with van der Waals surface area (Å²) in [6, 6.07) is 0. The third-order valence-electron chi connectivity index (χ3n) is 0.0745. The summed E-state index contributed by atoms with van der Waals surface area (Å²) in [6.45, 7) is 3.21. The Hall–Kier alpha value is -0.240. The van der Waals surface area contributed by atoms with Crippen LogP contribution in [0.5, 0.6) is 0 Å². The molecule has 0 unspecified atom stereocenters. The van der Waals surface area contributed by atoms with Crippen LogP contribution < -0.4 is 0 Å². The Morgan fingerprint density at radius 1 is 2.00 bits per heavy atom. The maximum atomic E-state index is 4.06. The Kier molecular flexibility index (Phi) is 2.59. The molecule has 2 heteroatoms. The monoisotopic (exact) mass is 73.0 g/mol. The molecule has 0 saturated carbocycles. The first kappa shape index (κ1) is 3.76. The summed E-state index contributed by atoms with van der Waals surface area (Å²) < 4.78 is 3.08. The molecule has 0 aliphatic heterocycles. The predicted molar refractivity (Wildman–Crippen MR) is 20.0 cm³/mol. The number of hydrogen-bond acceptors (Lipinski definition) is 2. The van der Waals surface area contributed by atoms with E-state index in [9.17, 15) is 0 Å². The van der Waals surface area contributed by atoms with E-state index < -0.39 is 0 Å². The van der Waals surface area contributed by atoms with Crippen LogP contribution in [0.3, 0.4) is 0 Å². The van der Waals surface area contributed by atoms with Crippen LogP contribution in [0.4, 0.5) is 0 Å². The molecule has 0 bridgehead atoms. The van der Waals surface area contributed by atoms with Gasteiger partial charge >= 0.3 is 0 Å². The summed E-state index contributed by atoms with van der Waals surface area (Å²) in [4.78, 5) is 0. The van der Waals surface area contributed by atoms with Crippen molar-refractivity contribution >= 4 is 12.4 Å². The molecule has 0 rings (SSSR count). The van der Waals surface area contributed by atoms with Gasteiger partial charge in [0.2, 0.25) is 0 Å². The first-order valence-corrected chi connectivity index (χ1v) is 1.21. The van der Waals surface area contributed by atoms with E-state index in [2.05, 4.69) is 23.4 Å². The van der Waals surface area contributed by atoms with E-state index in [0.717, 1.165) is 0 Å². The SMILES string of the molecule is C=CN=S. The van der Waals surface area contributed by atoms with E-state index in [-0.39, 0.29) is 0 Å². The third-order valence-corrected chi connectivity index (χ3v) is 0.224. The van der Waals surface area contributed by atoms with Crippen molar-refractivity contribution in [1.29, 1.82) is 0 Å². The van der Waals surface area contributed by atoms with Crippen LogP contribution in [0.1, 0.15) is 0 Å². The quantitative estimate of drug-likeness (QED) is 0.448. The molecule has 0 aliphatic carbocycles. The second-order valence-electron chi connectivity index (χ2n) is 0.288. The van der Waals surface area contributed by atoms with Crippen molar-refractivity contribution in [2.45, 2.75) is 0 Å². The van der Waals surface area contributed by atoms with Gasteiger partial charge in [0.25, 0.3) is 0 Å². The molecule has 0 radical (unpaired) electrons. The minimum atomic E-state index is 1.31. The molecule has 0 amide bonds. The molecular formula is C2H3NS. The summed E-state index contributed by atoms with van der Waals surface area (Å²) in [6.07, 6.45) is 1.31. The molecule has 0 atom stereocenters. The Labute approximate surface area is 30.5 Å². The van der Waals surface area contributed by atoms with Crippen LogP contribution in [0.15, 0.2) is 17.1 Å². The molecular weight excluding hydrogens is 70.1 g/mol. The van der Waals surface area contributed by atoms with Gasteiger partial charge in [-0.05, 0) is 0 Å². The molecule has 0 aromatic rings. The van der Waals surface area contributed by atoms with Crippen LogP contribution in [0.25, 0.3) is 0 Å². The lowest BCUT2D eigenvalue weighted by Gasteiger charge is -1.44. The van der Waals surface area contributed by atoms with Crippen LogP contribution in [-0.2, 0) is 12.4 Å². The van der Waals surface area contributed by atoms with Gasteiger partial charge < -0.3 is 0 Å². The summed E-state index contributed by atoms with van der Waals surface area (Å²) in [5, 5.41) is 0. The molecule has 0 aromatic carbocycles. The number of rotatable bonds is 1. The highest BCUT2D eigenvalue weighted by Crippen LogP contribution is 1.52. The zero-order chi connectivity index (χ0) is 3.41. The molecule has 0 saturated heterocycles. The number of nitrogens with zero attached hydrogens (tertiary/aromatic N) is 1. The van der Waals surface area contributed by atoms with E-state index in [1.54, 1.807) is 0 Å². The highest BCUT2D eigenvalue weighted by molar-refractivity contribution is 7.47. The van der Waals surface area contributed by atoms with Gasteiger partial charge in [-0.15, -0.1) is 0 Å². The molecule has 0 heterocycles. The van der Waals surface area contributed by atoms with Gasteiger partial charge in [0.05, 0.1) is 0 Å². The van der Waals surface area contributed by atoms with Crippen molar-refractivity contribution < 1.29 is 0 Å². The topological polar surface area (TPSA) is 12.4 Å². The maximum absolute atomic E-state index is 4.06. The standard InChI is InChI=1S/C2H3NS/c1-2-3-4/h2H,1H2. The molecule has 0 spiro atoms. The molecule has 22 valence electrons. The number of hydrogen-bond donors (Lipinski definition) is 0. The second kappa shape index (κ2) is 2.76. The van der Waals surface area contributed by atoms with Crippen molar-refractivity contribution in [3.8, 4) is 0 Å². The normalized spacial score (nSPS) is 5.00. The lowest BCUT2D eigenvalue weighted by Crippen LogP contribution is -1.22. The van der Waals surface area contributed by atoms with Gasteiger partial charge in [-0.3, -0.25) is 0 Å². The highest BCUT2D eigenvalue weighted by Gasteiger charge is 1.31. The zero-order valence-electron chi connectivity index (χ0n) is 2.14. The Morgan fingerprint density at radius 2 is 2.25 bits per heavy atom. The summed E-state index contributed by atoms with van der Waals surface area (Å²) in [5.74, 6) is 0. The summed E-state index contributed by atoms with van der Waals surface area (Å²) in [7, 11) is 0. The molecule has 4 heavy (non-hydrogen) atoms. The van der Waals surface area contributed by atoms with E-state index in [1.165, 1.54) is 6.20 Å². The highest BCUT2D eigenvalue weighted by atomic mass is 32.1. The minimum absolute atomic E-state index is 1.31. The van der Waals surface area contributed by atoms with Gasteiger partial charge in [-0.1, -0.05) is 6.58 Å². The minimum Gasteiger partial charge on any atom is -0.190 e. The van der Waals surface area contributed by atoms with Crippen molar-refractivity contribution in [3.63, 3.8) is 0 Å². The van der Waals surface area contributed by atoms with E-state index in [0.29, 0.717) is 0 Å². The van der Waals surface area contributed by atoms with Crippen molar-refractivity contribution in [1.82, 2.24) is 0 Å². The predicted octanol–water partition coefficient (Wildman–Crippen LogP) is 0.860. The fourth-order valence-corrected chi connectivity index (χ4v) is 0. The average molecular weight is 73.1 g/mol. The van der Waals surface area contributed by atoms with Gasteiger partial charge in [-0.25, -0.2) is 0 Å². The lowest BCUT2D eigenvalue weighted by molar-refractivity contribution is 1.69. The fraction of sp³-hybridized carbons (Fsp3) is 0. The van der Waals surface area contributed by atoms with E-state index in [1.807, 2.05) is 0 Å². The van der Waals surface area contributed by atoms with Crippen molar-refractivity contribution in [2.75, 3.05) is 0 Å². The Morgan fingerprint density at radius 3 is 2.25 bits per heavy atom. The molecule has 0 aliphatic rings. The lowest BCUT2D eigenvalue weighted by atomic mass is 11.1. The van der Waals surface area contributed by atoms with Gasteiger partial charge in [-0.2, -0.15) is 4.36 Å². The summed E-state index contributed by atoms with van der Waals surface area (Å²) in [5.41, 5.74) is 0.